The van der Waals surface area contributed by atoms with Gasteiger partial charge >= 0.3 is 6.61 Å². The van der Waals surface area contributed by atoms with Crippen molar-refractivity contribution >= 4 is 29.3 Å². The van der Waals surface area contributed by atoms with Crippen LogP contribution < -0.4 is 20.1 Å². The summed E-state index contributed by atoms with van der Waals surface area (Å²) in [5.74, 6) is -0.433. The zero-order valence-electron chi connectivity index (χ0n) is 13.9. The number of anilines is 1. The number of nitrogens with one attached hydrogen (secondary N) is 1. The van der Waals surface area contributed by atoms with Crippen LogP contribution >= 0.6 is 11.6 Å². The number of rotatable bonds is 7. The van der Waals surface area contributed by atoms with Gasteiger partial charge in [-0.25, -0.2) is 0 Å². The zero-order valence-corrected chi connectivity index (χ0v) is 14.7. The van der Waals surface area contributed by atoms with Crippen molar-refractivity contribution in [3.63, 3.8) is 0 Å². The number of amides is 2. The highest BCUT2D eigenvalue weighted by molar-refractivity contribution is 6.27. The SMILES string of the molecule is O=C(CCl)NCCc1ccc(N2CCN(C(=O)[O-])CC2)c(OC(F)F)c1. The molecule has 26 heavy (non-hydrogen) atoms. The highest BCUT2D eigenvalue weighted by atomic mass is 35.5. The number of carboxylic acid groups (broad SMARTS) is 1. The van der Waals surface area contributed by atoms with E-state index in [1.165, 1.54) is 6.07 Å². The Bertz CT molecular complexity index is 640. The van der Waals surface area contributed by atoms with Crippen molar-refractivity contribution < 1.29 is 28.2 Å². The Labute approximate surface area is 154 Å². The van der Waals surface area contributed by atoms with Crippen molar-refractivity contribution in [3.8, 4) is 5.75 Å². The summed E-state index contributed by atoms with van der Waals surface area (Å²) in [6.45, 7) is -1.52. The quantitative estimate of drug-likeness (QED) is 0.691. The molecule has 10 heteroatoms. The normalized spacial score (nSPS) is 14.5. The smallest absolute Gasteiger partial charge is 0.387 e. The van der Waals surface area contributed by atoms with Crippen LogP contribution in [-0.4, -0.2) is 62.1 Å². The largest absolute Gasteiger partial charge is 0.530 e. The average molecular weight is 391 g/mol. The molecule has 1 heterocycles. The van der Waals surface area contributed by atoms with Gasteiger partial charge in [0.25, 0.3) is 0 Å². The number of ether oxygens (including phenoxy) is 1. The lowest BCUT2D eigenvalue weighted by atomic mass is 10.1. The monoisotopic (exact) mass is 390 g/mol. The molecule has 144 valence electrons. The Balaban J connectivity index is 2.08. The van der Waals surface area contributed by atoms with Crippen LogP contribution in [0.1, 0.15) is 5.56 Å². The van der Waals surface area contributed by atoms with Crippen LogP contribution in [0, 0.1) is 0 Å². The van der Waals surface area contributed by atoms with Gasteiger partial charge in [0, 0.05) is 32.7 Å². The van der Waals surface area contributed by atoms with Crippen LogP contribution in [0.15, 0.2) is 18.2 Å². The Morgan fingerprint density at radius 2 is 1.96 bits per heavy atom. The molecule has 1 saturated heterocycles. The first-order chi connectivity index (χ1) is 12.4. The van der Waals surface area contributed by atoms with Gasteiger partial charge in [0.05, 0.1) is 5.69 Å². The summed E-state index contributed by atoms with van der Waals surface area (Å²) >= 11 is 5.39. The number of alkyl halides is 3. The number of hydrogen-bond acceptors (Lipinski definition) is 5. The summed E-state index contributed by atoms with van der Waals surface area (Å²) in [4.78, 5) is 24.9. The minimum Gasteiger partial charge on any atom is -0.530 e. The summed E-state index contributed by atoms with van der Waals surface area (Å²) in [7, 11) is 0. The second kappa shape index (κ2) is 9.42. The molecule has 0 atom stereocenters. The molecule has 0 aromatic heterocycles. The molecule has 1 aromatic carbocycles. The molecule has 0 bridgehead atoms. The summed E-state index contributed by atoms with van der Waals surface area (Å²) in [5, 5.41) is 13.5. The van der Waals surface area contributed by atoms with E-state index in [-0.39, 0.29) is 30.6 Å². The fraction of sp³-hybridized carbons (Fsp3) is 0.500. The first-order valence-electron chi connectivity index (χ1n) is 8.02. The van der Waals surface area contributed by atoms with Gasteiger partial charge in [-0.15, -0.1) is 11.6 Å². The molecule has 1 fully saturated rings. The molecule has 1 aromatic rings. The van der Waals surface area contributed by atoms with E-state index in [1.807, 2.05) is 0 Å². The van der Waals surface area contributed by atoms with Crippen LogP contribution in [0.4, 0.5) is 19.3 Å². The molecular formula is C16H19ClF2N3O4-. The van der Waals surface area contributed by atoms with Crippen molar-refractivity contribution in [3.05, 3.63) is 23.8 Å². The lowest BCUT2D eigenvalue weighted by Crippen LogP contribution is -2.52. The number of halogens is 3. The number of piperazine rings is 1. The molecule has 7 nitrogen and oxygen atoms in total. The maximum Gasteiger partial charge on any atom is 0.387 e. The van der Waals surface area contributed by atoms with E-state index < -0.39 is 12.7 Å². The van der Waals surface area contributed by atoms with E-state index in [9.17, 15) is 23.5 Å². The highest BCUT2D eigenvalue weighted by Crippen LogP contribution is 2.32. The van der Waals surface area contributed by atoms with Gasteiger partial charge in [-0.05, 0) is 24.1 Å². The molecule has 0 spiro atoms. The van der Waals surface area contributed by atoms with Crippen LogP contribution in [-0.2, 0) is 11.2 Å². The van der Waals surface area contributed by atoms with Crippen molar-refractivity contribution in [1.82, 2.24) is 10.2 Å². The van der Waals surface area contributed by atoms with E-state index >= 15 is 0 Å². The van der Waals surface area contributed by atoms with Crippen molar-refractivity contribution in [2.45, 2.75) is 13.0 Å². The number of carbonyl (C=O) groups excluding carboxylic acids is 2. The van der Waals surface area contributed by atoms with Crippen LogP contribution in [0.3, 0.4) is 0 Å². The number of nitrogens with zero attached hydrogens (tertiary/aromatic N) is 2. The van der Waals surface area contributed by atoms with Gasteiger partial charge in [-0.1, -0.05) is 6.07 Å². The van der Waals surface area contributed by atoms with E-state index in [2.05, 4.69) is 10.1 Å². The third kappa shape index (κ3) is 5.62. The predicted molar refractivity (Wildman–Crippen MR) is 89.7 cm³/mol. The molecule has 1 N–H and O–H groups in total. The molecular weight excluding hydrogens is 372 g/mol. The number of hydrogen-bond donors (Lipinski definition) is 1. The number of benzene rings is 1. The highest BCUT2D eigenvalue weighted by Gasteiger charge is 2.21. The molecule has 0 aliphatic carbocycles. The minimum absolute atomic E-state index is 0.0167. The maximum absolute atomic E-state index is 12.8. The average Bonchev–Trinajstić information content (AvgIpc) is 2.61. The summed E-state index contributed by atoms with van der Waals surface area (Å²) < 4.78 is 30.2. The van der Waals surface area contributed by atoms with E-state index in [1.54, 1.807) is 17.0 Å². The molecule has 0 radical (unpaired) electrons. The lowest BCUT2D eigenvalue weighted by Gasteiger charge is -2.38. The summed E-state index contributed by atoms with van der Waals surface area (Å²) in [6, 6.07) is 4.91. The van der Waals surface area contributed by atoms with Gasteiger partial charge in [-0.2, -0.15) is 8.78 Å². The summed E-state index contributed by atoms with van der Waals surface area (Å²) in [5.41, 5.74) is 1.18. The molecule has 2 amide bonds. The molecule has 1 aliphatic heterocycles. The van der Waals surface area contributed by atoms with Crippen molar-refractivity contribution in [2.24, 2.45) is 0 Å². The topological polar surface area (TPSA) is 84.9 Å². The standard InChI is InChI=1S/C16H20ClF2N3O4/c17-10-14(23)20-4-3-11-1-2-12(13(9-11)26-15(18)19)21-5-7-22(8-6-21)16(24)25/h1-2,9,15H,3-8,10H2,(H,20,23)(H,24,25)/p-1. The summed E-state index contributed by atoms with van der Waals surface area (Å²) in [6.07, 6.45) is -0.816. The molecule has 0 saturated carbocycles. The zero-order chi connectivity index (χ0) is 19.1. The van der Waals surface area contributed by atoms with Crippen molar-refractivity contribution in [2.75, 3.05) is 43.5 Å². The predicted octanol–water partition coefficient (Wildman–Crippen LogP) is 0.651. The minimum atomic E-state index is -2.98. The Morgan fingerprint density at radius 3 is 2.54 bits per heavy atom. The number of carbonyl (C=O) groups is 2. The fourth-order valence-electron chi connectivity index (χ4n) is 2.69. The van der Waals surface area contributed by atoms with E-state index in [0.717, 1.165) is 4.90 Å². The van der Waals surface area contributed by atoms with Gasteiger partial charge in [-0.3, -0.25) is 4.79 Å². The Kier molecular flexibility index (Phi) is 7.26. The second-order valence-corrected chi connectivity index (χ2v) is 5.92. The van der Waals surface area contributed by atoms with Gasteiger partial charge in [0.15, 0.2) is 0 Å². The van der Waals surface area contributed by atoms with Crippen molar-refractivity contribution in [1.29, 1.82) is 0 Å². The lowest BCUT2D eigenvalue weighted by molar-refractivity contribution is -0.265. The molecule has 1 aliphatic rings. The van der Waals surface area contributed by atoms with Gasteiger partial charge < -0.3 is 29.8 Å². The van der Waals surface area contributed by atoms with Crippen LogP contribution in [0.2, 0.25) is 0 Å². The fourth-order valence-corrected chi connectivity index (χ4v) is 2.78. The Hall–Kier alpha value is -2.29. The van der Waals surface area contributed by atoms with Gasteiger partial charge in [0.2, 0.25) is 5.91 Å². The first-order valence-corrected chi connectivity index (χ1v) is 8.55. The van der Waals surface area contributed by atoms with Crippen LogP contribution in [0.5, 0.6) is 5.75 Å². The van der Waals surface area contributed by atoms with E-state index in [4.69, 9.17) is 11.6 Å². The molecule has 0 unspecified atom stereocenters. The van der Waals surface area contributed by atoms with E-state index in [0.29, 0.717) is 37.3 Å². The molecule has 2 rings (SSSR count). The Morgan fingerprint density at radius 1 is 1.27 bits per heavy atom. The maximum atomic E-state index is 12.8. The third-order valence-corrected chi connectivity index (χ3v) is 4.22. The first kappa shape index (κ1) is 20.0. The van der Waals surface area contributed by atoms with Crippen LogP contribution in [0.25, 0.3) is 0 Å². The second-order valence-electron chi connectivity index (χ2n) is 5.65. The third-order valence-electron chi connectivity index (χ3n) is 3.98. The van der Waals surface area contributed by atoms with Gasteiger partial charge in [0.1, 0.15) is 17.7 Å².